The summed E-state index contributed by atoms with van der Waals surface area (Å²) in [7, 11) is 0. The molecule has 11 nitrogen and oxygen atoms in total. The standard InChI is InChI=1S/C31H39N3O8/c1-4-17(2)29(30(39)32-13-7-10-28(37)38)34-27(36)16-33-26(35)12-11-19-18(3)21-14-22-20-8-5-6-9-23(20)41-25(22)15-24(21)42-31(19)40/h14-15,17,29H,4-13,16H2,1-3H3,(H,32,39)(H,33,35)(H,34,36)(H,37,38)/t17-,29+/m0/s1. The molecule has 11 heteroatoms. The Morgan fingerprint density at radius 3 is 2.45 bits per heavy atom. The Morgan fingerprint density at radius 2 is 1.71 bits per heavy atom. The van der Waals surface area contributed by atoms with Crippen molar-refractivity contribution in [2.75, 3.05) is 13.1 Å². The smallest absolute Gasteiger partial charge is 0.339 e. The molecular weight excluding hydrogens is 542 g/mol. The maximum absolute atomic E-state index is 12.8. The summed E-state index contributed by atoms with van der Waals surface area (Å²) in [4.78, 5) is 61.2. The highest BCUT2D eigenvalue weighted by Crippen LogP contribution is 2.35. The van der Waals surface area contributed by atoms with E-state index in [1.165, 1.54) is 5.56 Å². The van der Waals surface area contributed by atoms with Crippen LogP contribution in [-0.2, 0) is 38.4 Å². The fourth-order valence-corrected chi connectivity index (χ4v) is 5.43. The number of benzene rings is 1. The van der Waals surface area contributed by atoms with Gasteiger partial charge in [0.25, 0.3) is 0 Å². The Balaban J connectivity index is 1.35. The molecule has 0 fully saturated rings. The number of furan rings is 1. The van der Waals surface area contributed by atoms with Crippen LogP contribution in [-0.4, -0.2) is 47.9 Å². The van der Waals surface area contributed by atoms with Crippen molar-refractivity contribution >= 4 is 45.6 Å². The lowest BCUT2D eigenvalue weighted by Crippen LogP contribution is -2.52. The molecule has 0 saturated heterocycles. The molecule has 2 atom stereocenters. The zero-order valence-corrected chi connectivity index (χ0v) is 24.4. The van der Waals surface area contributed by atoms with Gasteiger partial charge >= 0.3 is 11.6 Å². The third-order valence-corrected chi connectivity index (χ3v) is 8.09. The average molecular weight is 582 g/mol. The highest BCUT2D eigenvalue weighted by molar-refractivity contribution is 5.97. The van der Waals surface area contributed by atoms with Gasteiger partial charge in [0, 0.05) is 53.8 Å². The molecule has 1 aliphatic carbocycles. The fourth-order valence-electron chi connectivity index (χ4n) is 5.43. The first kappa shape index (κ1) is 30.8. The maximum atomic E-state index is 12.8. The summed E-state index contributed by atoms with van der Waals surface area (Å²) in [5.74, 6) is -1.46. The predicted octanol–water partition coefficient (Wildman–Crippen LogP) is 3.29. The SMILES string of the molecule is CC[C@H](C)[C@@H](NC(=O)CNC(=O)CCc1c(C)c2cc3c4c(oc3cc2oc1=O)CCCC4)C(=O)NCCCC(=O)O. The first-order valence-corrected chi connectivity index (χ1v) is 14.6. The summed E-state index contributed by atoms with van der Waals surface area (Å²) in [6, 6.07) is 2.97. The van der Waals surface area contributed by atoms with Crippen molar-refractivity contribution in [2.45, 2.75) is 84.6 Å². The molecule has 0 aliphatic heterocycles. The van der Waals surface area contributed by atoms with Crippen LogP contribution in [0.15, 0.2) is 25.8 Å². The maximum Gasteiger partial charge on any atom is 0.339 e. The topological polar surface area (TPSA) is 168 Å². The number of hydrogen-bond acceptors (Lipinski definition) is 7. The number of nitrogens with one attached hydrogen (secondary N) is 3. The van der Waals surface area contributed by atoms with Gasteiger partial charge in [-0.05, 0) is 56.6 Å². The molecule has 0 spiro atoms. The molecule has 226 valence electrons. The van der Waals surface area contributed by atoms with Crippen molar-refractivity contribution in [3.05, 3.63) is 45.0 Å². The summed E-state index contributed by atoms with van der Waals surface area (Å²) in [6.07, 6.45) is 5.04. The minimum absolute atomic E-state index is 0.0212. The van der Waals surface area contributed by atoms with E-state index in [1.807, 2.05) is 26.8 Å². The van der Waals surface area contributed by atoms with E-state index in [-0.39, 0.29) is 44.7 Å². The number of aryl methyl sites for hydroxylation is 3. The van der Waals surface area contributed by atoms with Gasteiger partial charge in [0.05, 0.1) is 6.54 Å². The minimum Gasteiger partial charge on any atom is -0.481 e. The third kappa shape index (κ3) is 7.18. The predicted molar refractivity (Wildman–Crippen MR) is 156 cm³/mol. The largest absolute Gasteiger partial charge is 0.481 e. The van der Waals surface area contributed by atoms with Crippen molar-refractivity contribution in [1.82, 2.24) is 16.0 Å². The quantitative estimate of drug-likeness (QED) is 0.176. The van der Waals surface area contributed by atoms with E-state index < -0.39 is 35.4 Å². The van der Waals surface area contributed by atoms with E-state index in [0.29, 0.717) is 23.2 Å². The molecule has 3 aromatic rings. The Labute approximate surface area is 243 Å². The zero-order chi connectivity index (χ0) is 30.4. The molecule has 1 aliphatic rings. The van der Waals surface area contributed by atoms with Crippen LogP contribution in [0.4, 0.5) is 0 Å². The molecule has 0 radical (unpaired) electrons. The molecular formula is C31H39N3O8. The first-order valence-electron chi connectivity index (χ1n) is 14.6. The molecule has 42 heavy (non-hydrogen) atoms. The van der Waals surface area contributed by atoms with Gasteiger partial charge in [-0.3, -0.25) is 19.2 Å². The Morgan fingerprint density at radius 1 is 0.976 bits per heavy atom. The summed E-state index contributed by atoms with van der Waals surface area (Å²) in [5.41, 5.74) is 3.04. The number of aliphatic carboxylic acids is 1. The van der Waals surface area contributed by atoms with E-state index in [9.17, 15) is 24.0 Å². The number of carbonyl (C=O) groups is 4. The summed E-state index contributed by atoms with van der Waals surface area (Å²) in [6.45, 7) is 5.42. The van der Waals surface area contributed by atoms with Crippen LogP contribution in [0.3, 0.4) is 0 Å². The molecule has 1 aromatic carbocycles. The number of fused-ring (bicyclic) bond motifs is 4. The summed E-state index contributed by atoms with van der Waals surface area (Å²) >= 11 is 0. The van der Waals surface area contributed by atoms with Crippen molar-refractivity contribution < 1.29 is 33.1 Å². The molecule has 4 N–H and O–H groups in total. The van der Waals surface area contributed by atoms with Crippen molar-refractivity contribution in [3.8, 4) is 0 Å². The second-order valence-electron chi connectivity index (χ2n) is 11.0. The van der Waals surface area contributed by atoms with E-state index in [4.69, 9.17) is 13.9 Å². The number of carboxylic acids is 1. The van der Waals surface area contributed by atoms with E-state index in [1.54, 1.807) is 6.07 Å². The van der Waals surface area contributed by atoms with Crippen LogP contribution in [0.25, 0.3) is 21.9 Å². The number of carbonyl (C=O) groups excluding carboxylic acids is 3. The number of carboxylic acid groups (broad SMARTS) is 1. The van der Waals surface area contributed by atoms with Gasteiger partial charge in [-0.1, -0.05) is 20.3 Å². The second-order valence-corrected chi connectivity index (χ2v) is 11.0. The van der Waals surface area contributed by atoms with E-state index >= 15 is 0 Å². The normalized spacial score (nSPS) is 14.3. The Bertz CT molecular complexity index is 1550. The molecule has 2 heterocycles. The van der Waals surface area contributed by atoms with Gasteiger partial charge in [0.15, 0.2) is 0 Å². The lowest BCUT2D eigenvalue weighted by Gasteiger charge is -2.23. The molecule has 0 unspecified atom stereocenters. The van der Waals surface area contributed by atoms with Crippen LogP contribution in [0.1, 0.15) is 74.8 Å². The van der Waals surface area contributed by atoms with Gasteiger partial charge in [-0.2, -0.15) is 0 Å². The van der Waals surface area contributed by atoms with Crippen LogP contribution in [0.5, 0.6) is 0 Å². The van der Waals surface area contributed by atoms with Gasteiger partial charge < -0.3 is 29.9 Å². The molecule has 4 rings (SSSR count). The van der Waals surface area contributed by atoms with Gasteiger partial charge in [-0.15, -0.1) is 0 Å². The Kier molecular flexibility index (Phi) is 10.0. The molecule has 3 amide bonds. The molecule has 0 bridgehead atoms. The monoisotopic (exact) mass is 581 g/mol. The highest BCUT2D eigenvalue weighted by Gasteiger charge is 2.26. The van der Waals surface area contributed by atoms with Crippen molar-refractivity contribution in [1.29, 1.82) is 0 Å². The van der Waals surface area contributed by atoms with E-state index in [2.05, 4.69) is 16.0 Å². The van der Waals surface area contributed by atoms with E-state index in [0.717, 1.165) is 47.8 Å². The zero-order valence-electron chi connectivity index (χ0n) is 24.4. The van der Waals surface area contributed by atoms with Gasteiger partial charge in [0.1, 0.15) is 23.0 Å². The molecule has 0 saturated carbocycles. The average Bonchev–Trinajstić information content (AvgIpc) is 3.32. The van der Waals surface area contributed by atoms with Crippen LogP contribution in [0, 0.1) is 12.8 Å². The third-order valence-electron chi connectivity index (χ3n) is 8.09. The van der Waals surface area contributed by atoms with Crippen molar-refractivity contribution in [2.24, 2.45) is 5.92 Å². The number of hydrogen-bond donors (Lipinski definition) is 4. The highest BCUT2D eigenvalue weighted by atomic mass is 16.4. The first-order chi connectivity index (χ1) is 20.1. The minimum atomic E-state index is -0.947. The second kappa shape index (κ2) is 13.7. The van der Waals surface area contributed by atoms with Crippen LogP contribution >= 0.6 is 0 Å². The number of amides is 3. The van der Waals surface area contributed by atoms with Crippen molar-refractivity contribution in [3.63, 3.8) is 0 Å². The molecule has 2 aromatic heterocycles. The number of rotatable bonds is 13. The van der Waals surface area contributed by atoms with Gasteiger partial charge in [-0.25, -0.2) is 4.79 Å². The lowest BCUT2D eigenvalue weighted by atomic mass is 9.94. The van der Waals surface area contributed by atoms with Gasteiger partial charge in [0.2, 0.25) is 17.7 Å². The summed E-state index contributed by atoms with van der Waals surface area (Å²) in [5, 5.41) is 18.5. The Hall–Kier alpha value is -4.15. The van der Waals surface area contributed by atoms with Crippen LogP contribution in [0.2, 0.25) is 0 Å². The lowest BCUT2D eigenvalue weighted by molar-refractivity contribution is -0.137. The van der Waals surface area contributed by atoms with Crippen LogP contribution < -0.4 is 21.6 Å². The fraction of sp³-hybridized carbons (Fsp3) is 0.516. The summed E-state index contributed by atoms with van der Waals surface area (Å²) < 4.78 is 11.6.